The lowest BCUT2D eigenvalue weighted by Crippen LogP contribution is -2.50. The van der Waals surface area contributed by atoms with E-state index in [2.05, 4.69) is 11.9 Å². The van der Waals surface area contributed by atoms with E-state index in [9.17, 15) is 9.59 Å². The van der Waals surface area contributed by atoms with Crippen molar-refractivity contribution < 1.29 is 19.1 Å². The van der Waals surface area contributed by atoms with Gasteiger partial charge in [0.1, 0.15) is 23.5 Å². The molecule has 1 aliphatic heterocycles. The van der Waals surface area contributed by atoms with Crippen LogP contribution in [0, 0.1) is 5.41 Å². The van der Waals surface area contributed by atoms with Crippen LogP contribution in [-0.4, -0.2) is 39.6 Å². The Balaban J connectivity index is 1.70. The highest BCUT2D eigenvalue weighted by atomic mass is 35.5. The number of cyclic esters (lactones) is 1. The molecule has 2 heterocycles. The number of hydrogen-bond acceptors (Lipinski definition) is 5. The first kappa shape index (κ1) is 27.7. The molecular weight excluding hydrogens is 440 g/mol. The summed E-state index contributed by atoms with van der Waals surface area (Å²) in [6.45, 7) is 4.20. The Morgan fingerprint density at radius 3 is 2.24 bits per heavy atom. The fourth-order valence-corrected chi connectivity index (χ4v) is 5.12. The molecule has 2 atom stereocenters. The number of halogens is 1. The molecular formula is C26H43ClN2O4. The quantitative estimate of drug-likeness (QED) is 0.151. The van der Waals surface area contributed by atoms with Gasteiger partial charge in [-0.05, 0) is 12.8 Å². The van der Waals surface area contributed by atoms with Crippen molar-refractivity contribution >= 4 is 23.5 Å². The van der Waals surface area contributed by atoms with Crippen molar-refractivity contribution in [2.24, 2.45) is 12.5 Å². The summed E-state index contributed by atoms with van der Waals surface area (Å²) in [5.74, 6) is -0.650. The number of aromatic nitrogens is 2. The molecule has 7 heteroatoms. The van der Waals surface area contributed by atoms with Gasteiger partial charge in [0, 0.05) is 31.8 Å². The fourth-order valence-electron chi connectivity index (χ4n) is 4.66. The highest BCUT2D eigenvalue weighted by Crippen LogP contribution is 2.49. The predicted molar refractivity (Wildman–Crippen MR) is 131 cm³/mol. The molecule has 1 aromatic rings. The van der Waals surface area contributed by atoms with Gasteiger partial charge < -0.3 is 14.0 Å². The molecule has 33 heavy (non-hydrogen) atoms. The molecule has 0 saturated carbocycles. The summed E-state index contributed by atoms with van der Waals surface area (Å²) in [4.78, 5) is 28.2. The molecule has 1 aliphatic rings. The van der Waals surface area contributed by atoms with Gasteiger partial charge >= 0.3 is 11.9 Å². The second kappa shape index (κ2) is 14.0. The van der Waals surface area contributed by atoms with Crippen LogP contribution < -0.4 is 0 Å². The van der Waals surface area contributed by atoms with E-state index in [0.717, 1.165) is 25.0 Å². The van der Waals surface area contributed by atoms with E-state index in [1.54, 1.807) is 12.5 Å². The zero-order valence-corrected chi connectivity index (χ0v) is 21.6. The van der Waals surface area contributed by atoms with Gasteiger partial charge in [0.05, 0.1) is 6.33 Å². The van der Waals surface area contributed by atoms with Crippen molar-refractivity contribution in [3.63, 3.8) is 0 Å². The van der Waals surface area contributed by atoms with E-state index in [-0.39, 0.29) is 25.2 Å². The maximum absolute atomic E-state index is 12.7. The standard InChI is InChI=1S/C26H43ClN2O4/c1-4-6-7-8-9-10-11-12-13-14-15-16-23(30)32-19-25(5-2)24(31)33-20-26(25,27)17-22-18-28-21-29(22)3/h18,21H,4-17,19-20H2,1-3H3/t25-,26-/m0/s1. The average molecular weight is 483 g/mol. The molecule has 6 nitrogen and oxygen atoms in total. The topological polar surface area (TPSA) is 70.4 Å². The SMILES string of the molecule is CCCCCCCCCCCCCC(=O)OC[C@@]1(CC)C(=O)OC[C@@]1(Cl)Cc1cncn1C. The van der Waals surface area contributed by atoms with E-state index >= 15 is 0 Å². The summed E-state index contributed by atoms with van der Waals surface area (Å²) in [6, 6.07) is 0. The molecule has 1 fully saturated rings. The van der Waals surface area contributed by atoms with Crippen LogP contribution in [0.25, 0.3) is 0 Å². The van der Waals surface area contributed by atoms with Gasteiger partial charge in [-0.25, -0.2) is 4.98 Å². The number of rotatable bonds is 17. The predicted octanol–water partition coefficient (Wildman–Crippen LogP) is 6.14. The summed E-state index contributed by atoms with van der Waals surface area (Å²) < 4.78 is 12.8. The van der Waals surface area contributed by atoms with Gasteiger partial charge in [-0.3, -0.25) is 9.59 Å². The van der Waals surface area contributed by atoms with Crippen LogP contribution in [0.15, 0.2) is 12.5 Å². The Bertz CT molecular complexity index is 738. The minimum atomic E-state index is -1.05. The highest BCUT2D eigenvalue weighted by Gasteiger charge is 2.62. The van der Waals surface area contributed by atoms with Gasteiger partial charge in [0.2, 0.25) is 0 Å². The van der Waals surface area contributed by atoms with Crippen LogP contribution in [0.4, 0.5) is 0 Å². The third-order valence-corrected chi connectivity index (χ3v) is 7.73. The lowest BCUT2D eigenvalue weighted by Gasteiger charge is -2.36. The van der Waals surface area contributed by atoms with Crippen molar-refractivity contribution in [3.05, 3.63) is 18.2 Å². The van der Waals surface area contributed by atoms with Crippen LogP contribution in [0.3, 0.4) is 0 Å². The zero-order valence-electron chi connectivity index (χ0n) is 20.9. The van der Waals surface area contributed by atoms with E-state index in [0.29, 0.717) is 19.3 Å². The molecule has 0 aromatic carbocycles. The first-order chi connectivity index (χ1) is 15.9. The third-order valence-electron chi connectivity index (χ3n) is 7.13. The minimum absolute atomic E-state index is 0.0411. The van der Waals surface area contributed by atoms with Crippen molar-refractivity contribution in [2.75, 3.05) is 13.2 Å². The van der Waals surface area contributed by atoms with Gasteiger partial charge in [0.25, 0.3) is 0 Å². The Morgan fingerprint density at radius 1 is 1.09 bits per heavy atom. The molecule has 0 N–H and O–H groups in total. The van der Waals surface area contributed by atoms with E-state index in [1.807, 2.05) is 18.5 Å². The molecule has 2 rings (SSSR count). The lowest BCUT2D eigenvalue weighted by molar-refractivity contribution is -0.156. The lowest BCUT2D eigenvalue weighted by atomic mass is 9.73. The maximum atomic E-state index is 12.7. The summed E-state index contributed by atoms with van der Waals surface area (Å²) in [7, 11) is 1.89. The minimum Gasteiger partial charge on any atom is -0.464 e. The Kier molecular flexibility index (Phi) is 11.7. The van der Waals surface area contributed by atoms with Crippen LogP contribution in [0.5, 0.6) is 0 Å². The number of imidazole rings is 1. The van der Waals surface area contributed by atoms with Crippen molar-refractivity contribution in [2.45, 2.75) is 109 Å². The molecule has 1 saturated heterocycles. The Labute approximate surface area is 204 Å². The van der Waals surface area contributed by atoms with E-state index < -0.39 is 10.3 Å². The van der Waals surface area contributed by atoms with Crippen molar-refractivity contribution in [3.8, 4) is 0 Å². The number of esters is 2. The molecule has 0 bridgehead atoms. The Hall–Kier alpha value is -1.56. The summed E-state index contributed by atoms with van der Waals surface area (Å²) in [5.41, 5.74) is -0.139. The van der Waals surface area contributed by atoms with Gasteiger partial charge in [0.15, 0.2) is 0 Å². The molecule has 0 radical (unpaired) electrons. The molecule has 1 aromatic heterocycles. The molecule has 0 aliphatic carbocycles. The largest absolute Gasteiger partial charge is 0.464 e. The summed E-state index contributed by atoms with van der Waals surface area (Å²) >= 11 is 6.98. The zero-order chi connectivity index (χ0) is 24.2. The number of unbranched alkanes of at least 4 members (excludes halogenated alkanes) is 10. The van der Waals surface area contributed by atoms with Crippen molar-refractivity contribution in [1.82, 2.24) is 9.55 Å². The molecule has 0 spiro atoms. The first-order valence-corrected chi connectivity index (χ1v) is 13.2. The number of aryl methyl sites for hydroxylation is 1. The summed E-state index contributed by atoms with van der Waals surface area (Å²) in [6.07, 6.45) is 18.2. The normalized spacial score (nSPS) is 22.5. The average Bonchev–Trinajstić information content (AvgIpc) is 3.31. The smallest absolute Gasteiger partial charge is 0.317 e. The number of carbonyl (C=O) groups is 2. The van der Waals surface area contributed by atoms with E-state index in [4.69, 9.17) is 21.1 Å². The highest BCUT2D eigenvalue weighted by molar-refractivity contribution is 6.27. The van der Waals surface area contributed by atoms with Crippen molar-refractivity contribution in [1.29, 1.82) is 0 Å². The van der Waals surface area contributed by atoms with Crippen LogP contribution in [-0.2, 0) is 32.5 Å². The second-order valence-corrected chi connectivity index (χ2v) is 10.3. The van der Waals surface area contributed by atoms with Gasteiger partial charge in [-0.15, -0.1) is 11.6 Å². The second-order valence-electron chi connectivity index (χ2n) is 9.60. The third kappa shape index (κ3) is 7.73. The Morgan fingerprint density at radius 2 is 1.70 bits per heavy atom. The summed E-state index contributed by atoms with van der Waals surface area (Å²) in [5, 5.41) is 0. The van der Waals surface area contributed by atoms with Gasteiger partial charge in [-0.2, -0.15) is 0 Å². The molecule has 0 unspecified atom stereocenters. The molecule has 0 amide bonds. The van der Waals surface area contributed by atoms with Crippen LogP contribution in [0.2, 0.25) is 0 Å². The molecule has 188 valence electrons. The monoisotopic (exact) mass is 482 g/mol. The van der Waals surface area contributed by atoms with E-state index in [1.165, 1.54) is 51.4 Å². The first-order valence-electron chi connectivity index (χ1n) is 12.9. The van der Waals surface area contributed by atoms with Gasteiger partial charge in [-0.1, -0.05) is 78.1 Å². The fraction of sp³-hybridized carbons (Fsp3) is 0.808. The number of alkyl halides is 1. The number of ether oxygens (including phenoxy) is 2. The maximum Gasteiger partial charge on any atom is 0.317 e. The van der Waals surface area contributed by atoms with Crippen LogP contribution >= 0.6 is 11.6 Å². The van der Waals surface area contributed by atoms with Crippen LogP contribution in [0.1, 0.15) is 103 Å². The number of hydrogen-bond donors (Lipinski definition) is 0. The number of nitrogens with zero attached hydrogens (tertiary/aromatic N) is 2. The number of carbonyl (C=O) groups excluding carboxylic acids is 2.